The lowest BCUT2D eigenvalue weighted by Gasteiger charge is -2.06. The number of nitrogens with zero attached hydrogens (tertiary/aromatic N) is 1. The van der Waals surface area contributed by atoms with Crippen LogP contribution in [0.15, 0.2) is 28.5 Å². The molecule has 0 saturated heterocycles. The number of allylic oxidation sites excluding steroid dienone is 1. The van der Waals surface area contributed by atoms with E-state index in [1.807, 2.05) is 24.4 Å². The topological polar surface area (TPSA) is 42.2 Å². The highest BCUT2D eigenvalue weighted by atomic mass is 32.1. The molecule has 0 fully saturated rings. The highest BCUT2D eigenvalue weighted by molar-refractivity contribution is 7.16. The minimum atomic E-state index is 0.0795. The van der Waals surface area contributed by atoms with E-state index in [-0.39, 0.29) is 12.4 Å². The predicted molar refractivity (Wildman–Crippen MR) is 92.0 cm³/mol. The number of fused-ring (bicyclic) bond motifs is 2. The van der Waals surface area contributed by atoms with E-state index in [1.54, 1.807) is 22.7 Å². The first-order valence-electron chi connectivity index (χ1n) is 7.19. The monoisotopic (exact) mass is 329 g/mol. The van der Waals surface area contributed by atoms with Crippen molar-refractivity contribution in [3.8, 4) is 0 Å². The van der Waals surface area contributed by atoms with Gasteiger partial charge in [0.25, 0.3) is 0 Å². The third-order valence-electron chi connectivity index (χ3n) is 4.24. The fraction of sp³-hybridized carbons (Fsp3) is 0.235. The maximum Gasteiger partial charge on any atom is 0.191 e. The summed E-state index contributed by atoms with van der Waals surface area (Å²) in [5.41, 5.74) is 3.88. The molecule has 1 aliphatic carbocycles. The van der Waals surface area contributed by atoms with Gasteiger partial charge in [-0.05, 0) is 41.5 Å². The van der Waals surface area contributed by atoms with Gasteiger partial charge in [0, 0.05) is 34.5 Å². The number of aliphatic hydroxyl groups is 1. The van der Waals surface area contributed by atoms with Crippen LogP contribution in [0.4, 0.5) is 0 Å². The van der Waals surface area contributed by atoms with Crippen molar-refractivity contribution in [2.24, 2.45) is 0 Å². The second-order valence-corrected chi connectivity index (χ2v) is 7.30. The normalized spacial score (nSPS) is 13.6. The van der Waals surface area contributed by atoms with Gasteiger partial charge < -0.3 is 9.67 Å². The Balaban J connectivity index is 1.81. The van der Waals surface area contributed by atoms with E-state index in [1.165, 1.54) is 10.4 Å². The van der Waals surface area contributed by atoms with E-state index in [9.17, 15) is 9.90 Å². The highest BCUT2D eigenvalue weighted by Gasteiger charge is 2.26. The zero-order valence-corrected chi connectivity index (χ0v) is 13.8. The maximum absolute atomic E-state index is 13.0. The fourth-order valence-corrected chi connectivity index (χ4v) is 5.05. The first-order chi connectivity index (χ1) is 10.7. The number of aromatic nitrogens is 1. The van der Waals surface area contributed by atoms with Crippen LogP contribution in [-0.4, -0.2) is 22.1 Å². The Labute approximate surface area is 136 Å². The zero-order valence-electron chi connectivity index (χ0n) is 12.1. The second-order valence-electron chi connectivity index (χ2n) is 5.46. The fourth-order valence-electron chi connectivity index (χ4n) is 3.18. The average Bonchev–Trinajstić information content (AvgIpc) is 3.21. The van der Waals surface area contributed by atoms with Crippen LogP contribution in [0.3, 0.4) is 0 Å². The Morgan fingerprint density at radius 3 is 2.91 bits per heavy atom. The van der Waals surface area contributed by atoms with Crippen molar-refractivity contribution < 1.29 is 9.90 Å². The summed E-state index contributed by atoms with van der Waals surface area (Å²) in [5.74, 6) is 0.126. The van der Waals surface area contributed by atoms with Crippen molar-refractivity contribution in [1.82, 2.24) is 4.57 Å². The van der Waals surface area contributed by atoms with Crippen LogP contribution in [0.25, 0.3) is 16.3 Å². The summed E-state index contributed by atoms with van der Waals surface area (Å²) < 4.78 is 2.05. The number of thiophene rings is 2. The van der Waals surface area contributed by atoms with Crippen LogP contribution in [0, 0.1) is 6.92 Å². The average molecular weight is 329 g/mol. The van der Waals surface area contributed by atoms with Crippen LogP contribution < -0.4 is 0 Å². The van der Waals surface area contributed by atoms with Gasteiger partial charge in [-0.3, -0.25) is 4.79 Å². The first-order valence-corrected chi connectivity index (χ1v) is 8.95. The SMILES string of the molecule is Cc1c(C(=O)C2=Cc3sccc3C2)c2ccsc2n1CCO. The third kappa shape index (κ3) is 1.93. The summed E-state index contributed by atoms with van der Waals surface area (Å²) in [6, 6.07) is 4.11. The molecule has 0 saturated carbocycles. The number of ketones is 1. The zero-order chi connectivity index (χ0) is 15.3. The van der Waals surface area contributed by atoms with E-state index < -0.39 is 0 Å². The lowest BCUT2D eigenvalue weighted by atomic mass is 10.0. The Bertz CT molecular complexity index is 911. The number of aliphatic hydroxyl groups excluding tert-OH is 1. The van der Waals surface area contributed by atoms with Gasteiger partial charge in [0.2, 0.25) is 0 Å². The van der Waals surface area contributed by atoms with Gasteiger partial charge in [-0.15, -0.1) is 22.7 Å². The van der Waals surface area contributed by atoms with Gasteiger partial charge in [-0.2, -0.15) is 0 Å². The molecule has 0 atom stereocenters. The Kier molecular flexibility index (Phi) is 3.29. The molecule has 0 aliphatic heterocycles. The summed E-state index contributed by atoms with van der Waals surface area (Å²) in [6.45, 7) is 2.58. The molecule has 3 aromatic rings. The molecule has 0 radical (unpaired) electrons. The summed E-state index contributed by atoms with van der Waals surface area (Å²) >= 11 is 3.31. The number of hydrogen-bond donors (Lipinski definition) is 1. The summed E-state index contributed by atoms with van der Waals surface area (Å²) in [5, 5.41) is 14.4. The Morgan fingerprint density at radius 2 is 2.14 bits per heavy atom. The molecule has 1 N–H and O–H groups in total. The van der Waals surface area contributed by atoms with E-state index >= 15 is 0 Å². The summed E-state index contributed by atoms with van der Waals surface area (Å²) in [4.78, 5) is 15.3. The smallest absolute Gasteiger partial charge is 0.191 e. The molecule has 5 heteroatoms. The third-order valence-corrected chi connectivity index (χ3v) is 6.08. The predicted octanol–water partition coefficient (Wildman–Crippen LogP) is 3.89. The molecule has 0 spiro atoms. The molecule has 1 aliphatic rings. The molecule has 4 rings (SSSR count). The molecular formula is C17H15NO2S2. The quantitative estimate of drug-likeness (QED) is 0.738. The molecule has 0 amide bonds. The number of carbonyl (C=O) groups is 1. The first kappa shape index (κ1) is 13.9. The molecular weight excluding hydrogens is 314 g/mol. The lowest BCUT2D eigenvalue weighted by molar-refractivity contribution is 0.103. The van der Waals surface area contributed by atoms with Crippen molar-refractivity contribution >= 4 is 44.7 Å². The van der Waals surface area contributed by atoms with E-state index in [0.29, 0.717) is 6.54 Å². The molecule has 0 aromatic carbocycles. The minimum Gasteiger partial charge on any atom is -0.395 e. The standard InChI is InChI=1S/C17H15NO2S2/c1-10-15(13-3-7-22-17(13)18(10)4-5-19)16(20)12-8-11-2-6-21-14(11)9-12/h2-3,6-7,9,19H,4-5,8H2,1H3. The lowest BCUT2D eigenvalue weighted by Crippen LogP contribution is -2.08. The van der Waals surface area contributed by atoms with E-state index in [2.05, 4.69) is 16.0 Å². The van der Waals surface area contributed by atoms with Gasteiger partial charge in [0.05, 0.1) is 12.2 Å². The van der Waals surface area contributed by atoms with Crippen LogP contribution in [-0.2, 0) is 13.0 Å². The van der Waals surface area contributed by atoms with Crippen LogP contribution in [0.2, 0.25) is 0 Å². The van der Waals surface area contributed by atoms with Crippen molar-refractivity contribution in [2.45, 2.75) is 19.9 Å². The van der Waals surface area contributed by atoms with Crippen LogP contribution in [0.1, 0.15) is 26.5 Å². The molecule has 112 valence electrons. The molecule has 0 bridgehead atoms. The van der Waals surface area contributed by atoms with Crippen molar-refractivity contribution in [2.75, 3.05) is 6.61 Å². The minimum absolute atomic E-state index is 0.0795. The van der Waals surface area contributed by atoms with Gasteiger partial charge >= 0.3 is 0 Å². The van der Waals surface area contributed by atoms with Gasteiger partial charge in [-0.1, -0.05) is 0 Å². The number of carbonyl (C=O) groups excluding carboxylic acids is 1. The van der Waals surface area contributed by atoms with E-state index in [0.717, 1.165) is 33.5 Å². The Morgan fingerprint density at radius 1 is 1.32 bits per heavy atom. The molecule has 3 heterocycles. The second kappa shape index (κ2) is 5.19. The molecule has 3 aromatic heterocycles. The molecule has 0 unspecified atom stereocenters. The number of hydrogen-bond acceptors (Lipinski definition) is 4. The van der Waals surface area contributed by atoms with Crippen molar-refractivity contribution in [3.63, 3.8) is 0 Å². The largest absolute Gasteiger partial charge is 0.395 e. The van der Waals surface area contributed by atoms with Gasteiger partial charge in [-0.25, -0.2) is 0 Å². The van der Waals surface area contributed by atoms with Gasteiger partial charge in [0.15, 0.2) is 5.78 Å². The highest BCUT2D eigenvalue weighted by Crippen LogP contribution is 2.36. The van der Waals surface area contributed by atoms with Gasteiger partial charge in [0.1, 0.15) is 4.83 Å². The summed E-state index contributed by atoms with van der Waals surface area (Å²) in [7, 11) is 0. The summed E-state index contributed by atoms with van der Waals surface area (Å²) in [6.07, 6.45) is 2.76. The van der Waals surface area contributed by atoms with Crippen LogP contribution in [0.5, 0.6) is 0 Å². The Hall–Kier alpha value is -1.69. The van der Waals surface area contributed by atoms with Crippen molar-refractivity contribution in [3.05, 3.63) is 50.2 Å². The number of Topliss-reactive ketones (excluding diaryl/α,β-unsaturated/α-hetero) is 1. The van der Waals surface area contributed by atoms with Crippen LogP contribution >= 0.6 is 22.7 Å². The van der Waals surface area contributed by atoms with Crippen molar-refractivity contribution in [1.29, 1.82) is 0 Å². The van der Waals surface area contributed by atoms with E-state index in [4.69, 9.17) is 0 Å². The molecule has 3 nitrogen and oxygen atoms in total. The number of rotatable bonds is 4. The molecule has 22 heavy (non-hydrogen) atoms. The maximum atomic E-state index is 13.0.